The van der Waals surface area contributed by atoms with Gasteiger partial charge in [0.2, 0.25) is 0 Å². The third kappa shape index (κ3) is 3.63. The largest absolute Gasteiger partial charge is 0.490 e. The molecule has 3 heterocycles. The van der Waals surface area contributed by atoms with E-state index in [1.807, 2.05) is 24.3 Å². The highest BCUT2D eigenvalue weighted by atomic mass is 32.1. The number of carbonyl (C=O) groups is 2. The summed E-state index contributed by atoms with van der Waals surface area (Å²) in [6.07, 6.45) is 4.84. The summed E-state index contributed by atoms with van der Waals surface area (Å²) >= 11 is 1.22. The minimum absolute atomic E-state index is 0.0265. The summed E-state index contributed by atoms with van der Waals surface area (Å²) in [5.41, 5.74) is 1.69. The number of Topliss-reactive ketones (excluding diaryl/α,β-unsaturated/α-hetero) is 1. The molecule has 35 heavy (non-hydrogen) atoms. The van der Waals surface area contributed by atoms with Gasteiger partial charge in [0.25, 0.3) is 5.91 Å². The zero-order valence-electron chi connectivity index (χ0n) is 18.9. The molecule has 6 rings (SSSR count). The van der Waals surface area contributed by atoms with Crippen molar-refractivity contribution < 1.29 is 23.5 Å². The molecule has 1 amide bonds. The summed E-state index contributed by atoms with van der Waals surface area (Å²) in [6.45, 7) is 4.02. The average molecular weight is 491 g/mol. The second-order valence-corrected chi connectivity index (χ2v) is 10.0. The maximum atomic E-state index is 13.9. The van der Waals surface area contributed by atoms with Crippen LogP contribution >= 0.6 is 11.3 Å². The Morgan fingerprint density at radius 2 is 2.06 bits per heavy atom. The van der Waals surface area contributed by atoms with Gasteiger partial charge in [0, 0.05) is 0 Å². The van der Waals surface area contributed by atoms with E-state index >= 15 is 0 Å². The lowest BCUT2D eigenvalue weighted by Gasteiger charge is -2.35. The number of halogens is 1. The van der Waals surface area contributed by atoms with Crippen molar-refractivity contribution in [3.63, 3.8) is 0 Å². The van der Waals surface area contributed by atoms with Crippen LogP contribution in [0.2, 0.25) is 0 Å². The van der Waals surface area contributed by atoms with Gasteiger partial charge < -0.3 is 9.47 Å². The SMILES string of the molecule is C=CCOc1cccc(C2C3=C(OC4CCCCC4C3=O)C(=O)N2c2nc3ccc(F)cc3s2)c1. The highest BCUT2D eigenvalue weighted by Gasteiger charge is 2.53. The second kappa shape index (κ2) is 8.61. The minimum Gasteiger partial charge on any atom is -0.490 e. The fourth-order valence-electron chi connectivity index (χ4n) is 5.28. The summed E-state index contributed by atoms with van der Waals surface area (Å²) in [6, 6.07) is 11.0. The average Bonchev–Trinajstić information content (AvgIpc) is 3.41. The first kappa shape index (κ1) is 22.0. The molecule has 2 aliphatic heterocycles. The summed E-state index contributed by atoms with van der Waals surface area (Å²) < 4.78 is 26.4. The molecule has 3 aromatic rings. The van der Waals surface area contributed by atoms with Crippen LogP contribution in [-0.4, -0.2) is 29.4 Å². The van der Waals surface area contributed by atoms with E-state index < -0.39 is 6.04 Å². The van der Waals surface area contributed by atoms with Crippen LogP contribution in [0, 0.1) is 11.7 Å². The molecule has 178 valence electrons. The third-order valence-electron chi connectivity index (χ3n) is 6.85. The molecule has 0 spiro atoms. The number of ether oxygens (including phenoxy) is 2. The topological polar surface area (TPSA) is 68.7 Å². The van der Waals surface area contributed by atoms with Crippen molar-refractivity contribution in [2.45, 2.75) is 37.8 Å². The molecule has 0 bridgehead atoms. The Morgan fingerprint density at radius 3 is 2.91 bits per heavy atom. The number of aromatic nitrogens is 1. The molecular formula is C27H23FN2O4S. The smallest absolute Gasteiger partial charge is 0.296 e. The number of ketones is 1. The van der Waals surface area contributed by atoms with Gasteiger partial charge in [0.05, 0.1) is 27.7 Å². The van der Waals surface area contributed by atoms with Crippen molar-refractivity contribution in [1.29, 1.82) is 0 Å². The number of rotatable bonds is 5. The minimum atomic E-state index is -0.703. The Kier molecular flexibility index (Phi) is 5.40. The first-order valence-corrected chi connectivity index (χ1v) is 12.5. The normalized spacial score (nSPS) is 23.8. The zero-order chi connectivity index (χ0) is 24.1. The van der Waals surface area contributed by atoms with Crippen LogP contribution in [0.4, 0.5) is 9.52 Å². The first-order chi connectivity index (χ1) is 17.0. The van der Waals surface area contributed by atoms with Crippen LogP contribution in [0.5, 0.6) is 5.75 Å². The van der Waals surface area contributed by atoms with Gasteiger partial charge in [-0.2, -0.15) is 0 Å². The van der Waals surface area contributed by atoms with E-state index in [1.54, 1.807) is 12.1 Å². The molecule has 3 unspecified atom stereocenters. The Hall–Kier alpha value is -3.52. The van der Waals surface area contributed by atoms with Crippen LogP contribution in [-0.2, 0) is 14.3 Å². The predicted molar refractivity (Wildman–Crippen MR) is 131 cm³/mol. The molecule has 0 radical (unpaired) electrons. The molecule has 8 heteroatoms. The van der Waals surface area contributed by atoms with E-state index in [0.717, 1.165) is 31.2 Å². The predicted octanol–water partition coefficient (Wildman–Crippen LogP) is 5.50. The van der Waals surface area contributed by atoms with Crippen LogP contribution in [0.15, 0.2) is 66.5 Å². The van der Waals surface area contributed by atoms with Crippen molar-refractivity contribution in [2.75, 3.05) is 11.5 Å². The standard InChI is InChI=1S/C27H23FN2O4S/c1-2-12-33-17-7-5-6-15(13-17)23-22-24(31)18-8-3-4-9-20(18)34-25(22)26(32)30(23)27-29-19-11-10-16(28)14-21(19)35-27/h2,5-7,10-11,13-14,18,20,23H,1,3-4,8-9,12H2. The van der Waals surface area contributed by atoms with Gasteiger partial charge in [-0.1, -0.05) is 42.5 Å². The van der Waals surface area contributed by atoms with Crippen LogP contribution in [0.1, 0.15) is 37.3 Å². The Balaban J connectivity index is 1.49. The molecule has 1 saturated carbocycles. The molecule has 6 nitrogen and oxygen atoms in total. The van der Waals surface area contributed by atoms with Crippen LogP contribution in [0.3, 0.4) is 0 Å². The zero-order valence-corrected chi connectivity index (χ0v) is 19.7. The van der Waals surface area contributed by atoms with E-state index in [1.165, 1.54) is 28.4 Å². The number of fused-ring (bicyclic) bond motifs is 2. The number of hydrogen-bond acceptors (Lipinski definition) is 6. The van der Waals surface area contributed by atoms with Gasteiger partial charge in [-0.3, -0.25) is 14.5 Å². The number of carbonyl (C=O) groups excluding carboxylic acids is 2. The highest BCUT2D eigenvalue weighted by Crippen LogP contribution is 2.49. The van der Waals surface area contributed by atoms with Crippen molar-refractivity contribution in [3.8, 4) is 5.75 Å². The molecule has 0 N–H and O–H groups in total. The lowest BCUT2D eigenvalue weighted by molar-refractivity contribution is -0.131. The Labute approximate surface area is 205 Å². The summed E-state index contributed by atoms with van der Waals surface area (Å²) in [7, 11) is 0. The van der Waals surface area contributed by atoms with Crippen LogP contribution < -0.4 is 9.64 Å². The van der Waals surface area contributed by atoms with E-state index in [9.17, 15) is 14.0 Å². The molecule has 1 aromatic heterocycles. The summed E-state index contributed by atoms with van der Waals surface area (Å²) in [5.74, 6) is -0.312. The lowest BCUT2D eigenvalue weighted by atomic mass is 9.77. The molecule has 1 aliphatic carbocycles. The summed E-state index contributed by atoms with van der Waals surface area (Å²) in [4.78, 5) is 33.7. The molecule has 2 aromatic carbocycles. The molecule has 3 atom stereocenters. The van der Waals surface area contributed by atoms with Crippen molar-refractivity contribution in [1.82, 2.24) is 4.98 Å². The molecular weight excluding hydrogens is 467 g/mol. The van der Waals surface area contributed by atoms with Gasteiger partial charge in [-0.25, -0.2) is 9.37 Å². The number of thiazole rings is 1. The molecule has 1 fully saturated rings. The van der Waals surface area contributed by atoms with Crippen molar-refractivity contribution in [3.05, 3.63) is 77.8 Å². The summed E-state index contributed by atoms with van der Waals surface area (Å²) in [5, 5.41) is 0.395. The van der Waals surface area contributed by atoms with Gasteiger partial charge in [-0.05, 0) is 55.2 Å². The number of amides is 1. The van der Waals surface area contributed by atoms with Gasteiger partial charge in [-0.15, -0.1) is 0 Å². The van der Waals surface area contributed by atoms with Crippen LogP contribution in [0.25, 0.3) is 10.2 Å². The van der Waals surface area contributed by atoms with Gasteiger partial charge in [0.1, 0.15) is 24.3 Å². The van der Waals surface area contributed by atoms with E-state index in [-0.39, 0.29) is 35.3 Å². The fraction of sp³-hybridized carbons (Fsp3) is 0.296. The lowest BCUT2D eigenvalue weighted by Crippen LogP contribution is -2.39. The number of benzene rings is 2. The monoisotopic (exact) mass is 490 g/mol. The molecule has 3 aliphatic rings. The number of hydrogen-bond donors (Lipinski definition) is 0. The van der Waals surface area contributed by atoms with E-state index in [4.69, 9.17) is 9.47 Å². The molecule has 0 saturated heterocycles. The number of anilines is 1. The third-order valence-corrected chi connectivity index (χ3v) is 7.87. The Bertz CT molecular complexity index is 1400. The van der Waals surface area contributed by atoms with Gasteiger partial charge in [0.15, 0.2) is 16.7 Å². The fourth-order valence-corrected chi connectivity index (χ4v) is 6.29. The van der Waals surface area contributed by atoms with Crippen molar-refractivity contribution >= 4 is 38.4 Å². The maximum Gasteiger partial charge on any atom is 0.296 e. The Morgan fingerprint density at radius 1 is 1.20 bits per heavy atom. The maximum absolute atomic E-state index is 13.9. The van der Waals surface area contributed by atoms with Gasteiger partial charge >= 0.3 is 0 Å². The first-order valence-electron chi connectivity index (χ1n) is 11.7. The van der Waals surface area contributed by atoms with E-state index in [0.29, 0.717) is 33.3 Å². The quantitative estimate of drug-likeness (QED) is 0.442. The van der Waals surface area contributed by atoms with Crippen molar-refractivity contribution in [2.24, 2.45) is 5.92 Å². The second-order valence-electron chi connectivity index (χ2n) is 9.01. The highest BCUT2D eigenvalue weighted by molar-refractivity contribution is 7.22. The number of nitrogens with zero attached hydrogens (tertiary/aromatic N) is 2. The van der Waals surface area contributed by atoms with E-state index in [2.05, 4.69) is 11.6 Å².